The van der Waals surface area contributed by atoms with Gasteiger partial charge in [-0.1, -0.05) is 48.0 Å². The lowest BCUT2D eigenvalue weighted by Gasteiger charge is -2.10. The van der Waals surface area contributed by atoms with Crippen LogP contribution in [-0.2, 0) is 0 Å². The minimum Gasteiger partial charge on any atom is -0.309 e. The molecule has 0 spiro atoms. The highest BCUT2D eigenvalue weighted by Gasteiger charge is 1.92. The molecule has 1 nitrogen and oxygen atoms in total. The van der Waals surface area contributed by atoms with Gasteiger partial charge in [-0.05, 0) is 26.6 Å². The fourth-order valence-corrected chi connectivity index (χ4v) is 0.730. The van der Waals surface area contributed by atoms with Crippen molar-refractivity contribution in [1.29, 1.82) is 0 Å². The Hall–Kier alpha value is -0.0400. The van der Waals surface area contributed by atoms with Gasteiger partial charge < -0.3 is 4.90 Å². The number of nitrogens with zero attached hydrogens (tertiary/aromatic N) is 1. The van der Waals surface area contributed by atoms with Crippen LogP contribution >= 0.6 is 0 Å². The highest BCUT2D eigenvalue weighted by molar-refractivity contribution is 4.46. The van der Waals surface area contributed by atoms with Crippen LogP contribution in [-0.4, -0.2) is 25.5 Å². The molecule has 0 aromatic heterocycles. The number of hydrogen-bond acceptors (Lipinski definition) is 1. The van der Waals surface area contributed by atoms with E-state index in [4.69, 9.17) is 0 Å². The van der Waals surface area contributed by atoms with Crippen molar-refractivity contribution in [2.75, 3.05) is 20.6 Å². The third-order valence-electron chi connectivity index (χ3n) is 0.730. The molecule has 0 saturated carbocycles. The molecule has 0 rings (SSSR count). The van der Waals surface area contributed by atoms with E-state index >= 15 is 0 Å². The van der Waals surface area contributed by atoms with Gasteiger partial charge in [0.05, 0.1) is 0 Å². The fraction of sp³-hybridized carbons (Fsp3) is 1.00. The van der Waals surface area contributed by atoms with Crippen LogP contribution in [0.2, 0.25) is 0 Å². The van der Waals surface area contributed by atoms with Gasteiger partial charge >= 0.3 is 0 Å². The largest absolute Gasteiger partial charge is 0.309 e. The van der Waals surface area contributed by atoms with E-state index in [0.29, 0.717) is 0 Å². The van der Waals surface area contributed by atoms with Crippen LogP contribution in [0.5, 0.6) is 0 Å². The molecule has 0 fully saturated rings. The van der Waals surface area contributed by atoms with Crippen LogP contribution in [0.3, 0.4) is 0 Å². The lowest BCUT2D eigenvalue weighted by atomic mass is 10.2. The van der Waals surface area contributed by atoms with Crippen LogP contribution in [0.15, 0.2) is 0 Å². The van der Waals surface area contributed by atoms with Crippen molar-refractivity contribution >= 4 is 0 Å². The molecule has 0 aliphatic heterocycles. The predicted octanol–water partition coefficient (Wildman–Crippen LogP) is 3.65. The molecule has 0 amide bonds. The fourth-order valence-electron chi connectivity index (χ4n) is 0.730. The summed E-state index contributed by atoms with van der Waals surface area (Å²) in [7, 11) is 4.19. The molecule has 0 N–H and O–H groups in total. The van der Waals surface area contributed by atoms with Crippen LogP contribution in [0, 0.1) is 5.92 Å². The van der Waals surface area contributed by atoms with Crippen molar-refractivity contribution in [3.8, 4) is 0 Å². The third-order valence-corrected chi connectivity index (χ3v) is 0.730. The molecule has 78 valence electrons. The Morgan fingerprint density at radius 2 is 1.25 bits per heavy atom. The Kier molecular flexibility index (Phi) is 25.6. The van der Waals surface area contributed by atoms with Crippen molar-refractivity contribution < 1.29 is 0 Å². The van der Waals surface area contributed by atoms with E-state index in [9.17, 15) is 0 Å². The second kappa shape index (κ2) is 17.2. The van der Waals surface area contributed by atoms with Crippen molar-refractivity contribution in [2.45, 2.75) is 48.0 Å². The average Bonchev–Trinajstić information content (AvgIpc) is 1.90. The molecule has 0 aromatic carbocycles. The first kappa shape index (κ1) is 17.9. The summed E-state index contributed by atoms with van der Waals surface area (Å²) in [5.74, 6) is 0.801. The molecule has 12 heavy (non-hydrogen) atoms. The first-order valence-corrected chi connectivity index (χ1v) is 5.19. The van der Waals surface area contributed by atoms with E-state index in [-0.39, 0.29) is 0 Å². The number of rotatable bonds is 2. The summed E-state index contributed by atoms with van der Waals surface area (Å²) in [6, 6.07) is 0. The SMILES string of the molecule is CC.CC(C)CN(C)C.CCC. The zero-order valence-corrected chi connectivity index (χ0v) is 10.4. The van der Waals surface area contributed by atoms with E-state index in [0.717, 1.165) is 5.92 Å². The van der Waals surface area contributed by atoms with Gasteiger partial charge in [-0.2, -0.15) is 0 Å². The minimum absolute atomic E-state index is 0.801. The monoisotopic (exact) mass is 175 g/mol. The quantitative estimate of drug-likeness (QED) is 0.619. The van der Waals surface area contributed by atoms with Gasteiger partial charge in [0, 0.05) is 0 Å². The Morgan fingerprint density at radius 1 is 1.00 bits per heavy atom. The smallest absolute Gasteiger partial charge is 0.000172 e. The Morgan fingerprint density at radius 3 is 1.25 bits per heavy atom. The Labute approximate surface area is 80.2 Å². The van der Waals surface area contributed by atoms with Crippen LogP contribution in [0.1, 0.15) is 48.0 Å². The van der Waals surface area contributed by atoms with Crippen molar-refractivity contribution in [2.24, 2.45) is 5.92 Å². The highest BCUT2D eigenvalue weighted by Crippen LogP contribution is 1.90. The first-order valence-electron chi connectivity index (χ1n) is 5.19. The summed E-state index contributed by atoms with van der Waals surface area (Å²) in [5, 5.41) is 0. The molecule has 0 radical (unpaired) electrons. The Bertz CT molecular complexity index is 43.0. The van der Waals surface area contributed by atoms with E-state index in [2.05, 4.69) is 46.7 Å². The van der Waals surface area contributed by atoms with E-state index in [1.54, 1.807) is 0 Å². The zero-order valence-electron chi connectivity index (χ0n) is 10.4. The molecule has 0 bridgehead atoms. The second-order valence-corrected chi connectivity index (χ2v) is 3.36. The van der Waals surface area contributed by atoms with Crippen LogP contribution in [0.4, 0.5) is 0 Å². The molecule has 0 atom stereocenters. The van der Waals surface area contributed by atoms with Gasteiger partial charge in [0.15, 0.2) is 0 Å². The van der Waals surface area contributed by atoms with Gasteiger partial charge in [0.1, 0.15) is 0 Å². The summed E-state index contributed by atoms with van der Waals surface area (Å²) in [5.41, 5.74) is 0. The molecule has 0 aliphatic carbocycles. The van der Waals surface area contributed by atoms with Crippen molar-refractivity contribution in [3.05, 3.63) is 0 Å². The topological polar surface area (TPSA) is 3.24 Å². The number of hydrogen-bond donors (Lipinski definition) is 0. The molecular formula is C11H29N. The standard InChI is InChI=1S/C6H15N.C3H8.C2H6/c1-6(2)5-7(3)4;1-3-2;1-2/h6H,5H2,1-4H3;3H2,1-2H3;1-2H3. The van der Waals surface area contributed by atoms with Gasteiger partial charge in [-0.3, -0.25) is 0 Å². The summed E-state index contributed by atoms with van der Waals surface area (Å²) in [6.07, 6.45) is 1.25. The lowest BCUT2D eigenvalue weighted by molar-refractivity contribution is 0.354. The van der Waals surface area contributed by atoms with Crippen molar-refractivity contribution in [3.63, 3.8) is 0 Å². The van der Waals surface area contributed by atoms with Gasteiger partial charge in [0.25, 0.3) is 0 Å². The molecule has 0 aromatic rings. The maximum Gasteiger partial charge on any atom is -0.000172 e. The Balaban J connectivity index is -0.000000137. The summed E-state index contributed by atoms with van der Waals surface area (Å²) >= 11 is 0. The summed E-state index contributed by atoms with van der Waals surface area (Å²) < 4.78 is 0. The van der Waals surface area contributed by atoms with Crippen LogP contribution in [0.25, 0.3) is 0 Å². The molecule has 0 saturated heterocycles. The van der Waals surface area contributed by atoms with E-state index < -0.39 is 0 Å². The van der Waals surface area contributed by atoms with Gasteiger partial charge in [-0.15, -0.1) is 0 Å². The summed E-state index contributed by atoms with van der Waals surface area (Å²) in [4.78, 5) is 2.20. The molecule has 1 heteroatoms. The lowest BCUT2D eigenvalue weighted by Crippen LogP contribution is -2.17. The van der Waals surface area contributed by atoms with E-state index in [1.807, 2.05) is 13.8 Å². The third kappa shape index (κ3) is 51.0. The maximum atomic E-state index is 2.22. The molecule has 0 heterocycles. The predicted molar refractivity (Wildman–Crippen MR) is 60.7 cm³/mol. The van der Waals surface area contributed by atoms with Crippen LogP contribution < -0.4 is 0 Å². The zero-order chi connectivity index (χ0) is 10.6. The minimum atomic E-state index is 0.801. The van der Waals surface area contributed by atoms with E-state index in [1.165, 1.54) is 13.0 Å². The average molecular weight is 175 g/mol. The molecular weight excluding hydrogens is 146 g/mol. The maximum absolute atomic E-state index is 2.22. The summed E-state index contributed by atoms with van der Waals surface area (Å²) in [6.45, 7) is 13.9. The van der Waals surface area contributed by atoms with Gasteiger partial charge in [0.2, 0.25) is 0 Å². The first-order chi connectivity index (χ1) is 5.54. The van der Waals surface area contributed by atoms with Gasteiger partial charge in [-0.25, -0.2) is 0 Å². The normalized spacial score (nSPS) is 8.50. The second-order valence-electron chi connectivity index (χ2n) is 3.36. The highest BCUT2D eigenvalue weighted by atomic mass is 15.0. The molecule has 0 aliphatic rings. The van der Waals surface area contributed by atoms with Crippen molar-refractivity contribution in [1.82, 2.24) is 4.90 Å². The molecule has 0 unspecified atom stereocenters.